The Morgan fingerprint density at radius 2 is 1.79 bits per heavy atom. The molecular formula is C23H21N3O3. The molecular weight excluding hydrogens is 366 g/mol. The summed E-state index contributed by atoms with van der Waals surface area (Å²) in [4.78, 5) is 13.0. The van der Waals surface area contributed by atoms with Crippen molar-refractivity contribution in [2.75, 3.05) is 0 Å². The van der Waals surface area contributed by atoms with E-state index in [1.165, 1.54) is 0 Å². The Kier molecular flexibility index (Phi) is 5.52. The van der Waals surface area contributed by atoms with Crippen molar-refractivity contribution in [3.63, 3.8) is 0 Å². The highest BCUT2D eigenvalue weighted by molar-refractivity contribution is 5.83. The van der Waals surface area contributed by atoms with Gasteiger partial charge in [-0.25, -0.2) is 0 Å². The van der Waals surface area contributed by atoms with Gasteiger partial charge in [-0.1, -0.05) is 48.0 Å². The minimum Gasteiger partial charge on any atom is -0.469 e. The third-order valence-electron chi connectivity index (χ3n) is 4.68. The standard InChI is InChI=1S/C23H21N3O3/c1-16-9-11-17(12-10-16)20(14-19-8-5-13-28-19)22(27)24-15-21-25-26-23(29-21)18-6-3-2-4-7-18/h2-13,20H,14-15H2,1H3,(H,24,27). The van der Waals surface area contributed by atoms with Gasteiger partial charge in [-0.05, 0) is 36.8 Å². The summed E-state index contributed by atoms with van der Waals surface area (Å²) in [5.74, 6) is 1.05. The number of hydrogen-bond acceptors (Lipinski definition) is 5. The van der Waals surface area contributed by atoms with E-state index >= 15 is 0 Å². The second-order valence-electron chi connectivity index (χ2n) is 6.83. The van der Waals surface area contributed by atoms with Gasteiger partial charge in [0.1, 0.15) is 5.76 Å². The van der Waals surface area contributed by atoms with Crippen molar-refractivity contribution < 1.29 is 13.6 Å². The van der Waals surface area contributed by atoms with E-state index in [1.54, 1.807) is 6.26 Å². The maximum Gasteiger partial charge on any atom is 0.247 e. The van der Waals surface area contributed by atoms with Crippen LogP contribution in [0.15, 0.2) is 81.8 Å². The third-order valence-corrected chi connectivity index (χ3v) is 4.68. The van der Waals surface area contributed by atoms with E-state index in [0.717, 1.165) is 22.5 Å². The van der Waals surface area contributed by atoms with E-state index in [9.17, 15) is 4.79 Å². The average Bonchev–Trinajstić information content (AvgIpc) is 3.44. The monoisotopic (exact) mass is 387 g/mol. The molecule has 0 aliphatic carbocycles. The fourth-order valence-corrected chi connectivity index (χ4v) is 3.10. The lowest BCUT2D eigenvalue weighted by Crippen LogP contribution is -2.30. The summed E-state index contributed by atoms with van der Waals surface area (Å²) in [6, 6.07) is 21.2. The van der Waals surface area contributed by atoms with Crippen LogP contribution in [0.5, 0.6) is 0 Å². The van der Waals surface area contributed by atoms with Crippen LogP contribution in [0.4, 0.5) is 0 Å². The van der Waals surface area contributed by atoms with Crippen LogP contribution < -0.4 is 5.32 Å². The summed E-state index contributed by atoms with van der Waals surface area (Å²) in [5.41, 5.74) is 2.91. The molecule has 146 valence electrons. The summed E-state index contributed by atoms with van der Waals surface area (Å²) >= 11 is 0. The van der Waals surface area contributed by atoms with E-state index < -0.39 is 0 Å². The van der Waals surface area contributed by atoms with Crippen LogP contribution in [-0.4, -0.2) is 16.1 Å². The highest BCUT2D eigenvalue weighted by Gasteiger charge is 2.23. The van der Waals surface area contributed by atoms with Crippen LogP contribution in [-0.2, 0) is 17.8 Å². The van der Waals surface area contributed by atoms with Gasteiger partial charge >= 0.3 is 0 Å². The highest BCUT2D eigenvalue weighted by atomic mass is 16.4. The smallest absolute Gasteiger partial charge is 0.247 e. The third kappa shape index (κ3) is 4.60. The van der Waals surface area contributed by atoms with Gasteiger partial charge in [-0.3, -0.25) is 4.79 Å². The first kappa shape index (κ1) is 18.7. The van der Waals surface area contributed by atoms with Crippen LogP contribution in [0.25, 0.3) is 11.5 Å². The summed E-state index contributed by atoms with van der Waals surface area (Å²) in [6.45, 7) is 2.18. The molecule has 4 aromatic rings. The predicted molar refractivity (Wildman–Crippen MR) is 108 cm³/mol. The molecule has 2 heterocycles. The van der Waals surface area contributed by atoms with Crippen molar-refractivity contribution in [3.05, 3.63) is 95.8 Å². The number of furan rings is 1. The van der Waals surface area contributed by atoms with E-state index in [2.05, 4.69) is 15.5 Å². The summed E-state index contributed by atoms with van der Waals surface area (Å²) in [5, 5.41) is 11.0. The zero-order valence-electron chi connectivity index (χ0n) is 16.0. The molecule has 0 saturated carbocycles. The van der Waals surface area contributed by atoms with Crippen molar-refractivity contribution in [3.8, 4) is 11.5 Å². The van der Waals surface area contributed by atoms with Gasteiger partial charge in [0.2, 0.25) is 17.7 Å². The van der Waals surface area contributed by atoms with Crippen molar-refractivity contribution in [2.45, 2.75) is 25.8 Å². The fourth-order valence-electron chi connectivity index (χ4n) is 3.10. The normalized spacial score (nSPS) is 11.9. The number of benzene rings is 2. The zero-order valence-corrected chi connectivity index (χ0v) is 16.0. The van der Waals surface area contributed by atoms with E-state index in [1.807, 2.05) is 73.7 Å². The molecule has 0 saturated heterocycles. The molecule has 2 aromatic carbocycles. The Bertz CT molecular complexity index is 1050. The molecule has 0 aliphatic heterocycles. The number of carbonyl (C=O) groups is 1. The lowest BCUT2D eigenvalue weighted by molar-refractivity contribution is -0.122. The van der Waals surface area contributed by atoms with Crippen molar-refractivity contribution in [1.82, 2.24) is 15.5 Å². The number of aryl methyl sites for hydroxylation is 1. The molecule has 4 rings (SSSR count). The number of aromatic nitrogens is 2. The Hall–Kier alpha value is -3.67. The second kappa shape index (κ2) is 8.56. The van der Waals surface area contributed by atoms with Gasteiger partial charge in [0, 0.05) is 12.0 Å². The SMILES string of the molecule is Cc1ccc(C(Cc2ccco2)C(=O)NCc2nnc(-c3ccccc3)o2)cc1. The minimum absolute atomic E-state index is 0.121. The van der Waals surface area contributed by atoms with E-state index in [-0.39, 0.29) is 18.4 Å². The van der Waals surface area contributed by atoms with Crippen LogP contribution in [0.2, 0.25) is 0 Å². The molecule has 2 aromatic heterocycles. The van der Waals surface area contributed by atoms with Crippen LogP contribution in [0.1, 0.15) is 28.7 Å². The van der Waals surface area contributed by atoms with Gasteiger partial charge in [0.25, 0.3) is 0 Å². The maximum atomic E-state index is 13.0. The van der Waals surface area contributed by atoms with Crippen molar-refractivity contribution in [1.29, 1.82) is 0 Å². The van der Waals surface area contributed by atoms with Crippen molar-refractivity contribution >= 4 is 5.91 Å². The maximum absolute atomic E-state index is 13.0. The topological polar surface area (TPSA) is 81.2 Å². The number of nitrogens with one attached hydrogen (secondary N) is 1. The molecule has 6 nitrogen and oxygen atoms in total. The molecule has 29 heavy (non-hydrogen) atoms. The van der Waals surface area contributed by atoms with Crippen LogP contribution in [0, 0.1) is 6.92 Å². The lowest BCUT2D eigenvalue weighted by Gasteiger charge is -2.16. The quantitative estimate of drug-likeness (QED) is 0.512. The Morgan fingerprint density at radius 1 is 1.00 bits per heavy atom. The fraction of sp³-hybridized carbons (Fsp3) is 0.174. The second-order valence-corrected chi connectivity index (χ2v) is 6.83. The first-order chi connectivity index (χ1) is 14.2. The molecule has 1 amide bonds. The molecule has 1 atom stereocenters. The molecule has 0 spiro atoms. The zero-order chi connectivity index (χ0) is 20.1. The first-order valence-electron chi connectivity index (χ1n) is 9.43. The number of hydrogen-bond donors (Lipinski definition) is 1. The van der Waals surface area contributed by atoms with Crippen LogP contribution in [0.3, 0.4) is 0 Å². The summed E-state index contributed by atoms with van der Waals surface area (Å²) in [7, 11) is 0. The number of amides is 1. The largest absolute Gasteiger partial charge is 0.469 e. The average molecular weight is 387 g/mol. The van der Waals surface area contributed by atoms with E-state index in [0.29, 0.717) is 18.2 Å². The number of nitrogens with zero attached hydrogens (tertiary/aromatic N) is 2. The molecule has 0 fully saturated rings. The highest BCUT2D eigenvalue weighted by Crippen LogP contribution is 2.23. The first-order valence-corrected chi connectivity index (χ1v) is 9.43. The Balaban J connectivity index is 1.46. The van der Waals surface area contributed by atoms with Gasteiger partial charge < -0.3 is 14.2 Å². The van der Waals surface area contributed by atoms with Gasteiger partial charge in [-0.2, -0.15) is 0 Å². The molecule has 0 aliphatic rings. The summed E-state index contributed by atoms with van der Waals surface area (Å²) in [6.07, 6.45) is 2.09. The lowest BCUT2D eigenvalue weighted by atomic mass is 9.93. The summed E-state index contributed by atoms with van der Waals surface area (Å²) < 4.78 is 11.1. The Labute approximate surface area is 168 Å². The number of carbonyl (C=O) groups excluding carboxylic acids is 1. The molecule has 0 bridgehead atoms. The van der Waals surface area contributed by atoms with Crippen molar-refractivity contribution in [2.24, 2.45) is 0 Å². The van der Waals surface area contributed by atoms with Gasteiger partial charge in [-0.15, -0.1) is 10.2 Å². The molecule has 6 heteroatoms. The number of rotatable bonds is 7. The molecule has 1 unspecified atom stereocenters. The minimum atomic E-state index is -0.377. The Morgan fingerprint density at radius 3 is 2.52 bits per heavy atom. The molecule has 1 N–H and O–H groups in total. The van der Waals surface area contributed by atoms with Gasteiger partial charge in [0.15, 0.2) is 0 Å². The molecule has 0 radical (unpaired) electrons. The van der Waals surface area contributed by atoms with E-state index in [4.69, 9.17) is 8.83 Å². The predicted octanol–water partition coefficient (Wildman–Crippen LogP) is 4.28. The van der Waals surface area contributed by atoms with Crippen LogP contribution >= 0.6 is 0 Å². The van der Waals surface area contributed by atoms with Gasteiger partial charge in [0.05, 0.1) is 18.7 Å².